The highest BCUT2D eigenvalue weighted by atomic mass is 35.5. The second kappa shape index (κ2) is 5.68. The number of hydrogen-bond donors (Lipinski definition) is 1. The number of nitrogens with zero attached hydrogens (tertiary/aromatic N) is 4. The van der Waals surface area contributed by atoms with Crippen molar-refractivity contribution in [3.05, 3.63) is 34.3 Å². The summed E-state index contributed by atoms with van der Waals surface area (Å²) in [5.41, 5.74) is -1.03. The first-order valence-electron chi connectivity index (χ1n) is 5.77. The third-order valence-corrected chi connectivity index (χ3v) is 2.91. The molecular formula is C11H9ClF3N5O. The molecule has 0 spiro atoms. The van der Waals surface area contributed by atoms with E-state index in [9.17, 15) is 18.0 Å². The number of aryl methyl sites for hydroxylation is 1. The number of benzene rings is 1. The molecule has 112 valence electrons. The van der Waals surface area contributed by atoms with Crippen molar-refractivity contribution in [2.45, 2.75) is 19.6 Å². The van der Waals surface area contributed by atoms with Crippen LogP contribution in [0.15, 0.2) is 18.2 Å². The molecule has 1 aromatic carbocycles. The Morgan fingerprint density at radius 3 is 2.71 bits per heavy atom. The standard InChI is InChI=1S/C11H9ClF3N5O/c1-2-20-10(17-18-19-20)16-9(21)6-3-4-7(8(12)5-6)11(13,14)15/h3-5H,2H2,1H3,(H,16,17,19,21). The average Bonchev–Trinajstić information content (AvgIpc) is 2.84. The Kier molecular flexibility index (Phi) is 4.12. The number of anilines is 1. The van der Waals surface area contributed by atoms with Gasteiger partial charge in [0.15, 0.2) is 0 Å². The molecule has 21 heavy (non-hydrogen) atoms. The molecule has 1 N–H and O–H groups in total. The Bertz CT molecular complexity index is 670. The molecule has 0 bridgehead atoms. The lowest BCUT2D eigenvalue weighted by atomic mass is 10.1. The van der Waals surface area contributed by atoms with E-state index in [1.165, 1.54) is 4.68 Å². The van der Waals surface area contributed by atoms with Gasteiger partial charge in [0, 0.05) is 12.1 Å². The van der Waals surface area contributed by atoms with Crippen LogP contribution < -0.4 is 5.32 Å². The van der Waals surface area contributed by atoms with E-state index in [1.807, 2.05) is 0 Å². The van der Waals surface area contributed by atoms with Crippen molar-refractivity contribution in [2.24, 2.45) is 0 Å². The maximum absolute atomic E-state index is 12.6. The fourth-order valence-electron chi connectivity index (χ4n) is 1.57. The molecule has 10 heteroatoms. The van der Waals surface area contributed by atoms with Crippen molar-refractivity contribution in [2.75, 3.05) is 5.32 Å². The van der Waals surface area contributed by atoms with Crippen LogP contribution in [0, 0.1) is 0 Å². The third-order valence-electron chi connectivity index (χ3n) is 2.59. The maximum atomic E-state index is 12.6. The van der Waals surface area contributed by atoms with E-state index >= 15 is 0 Å². The number of carbonyl (C=O) groups excluding carboxylic acids is 1. The lowest BCUT2D eigenvalue weighted by Crippen LogP contribution is -2.17. The van der Waals surface area contributed by atoms with Crippen LogP contribution in [-0.2, 0) is 12.7 Å². The molecule has 0 saturated heterocycles. The molecule has 1 heterocycles. The second-order valence-electron chi connectivity index (χ2n) is 3.96. The Hall–Kier alpha value is -2.16. The van der Waals surface area contributed by atoms with E-state index in [4.69, 9.17) is 11.6 Å². The number of hydrogen-bond acceptors (Lipinski definition) is 4. The second-order valence-corrected chi connectivity index (χ2v) is 4.37. The Labute approximate surface area is 121 Å². The first-order valence-corrected chi connectivity index (χ1v) is 6.15. The molecule has 0 aliphatic rings. The van der Waals surface area contributed by atoms with E-state index < -0.39 is 22.7 Å². The van der Waals surface area contributed by atoms with E-state index in [0.29, 0.717) is 6.54 Å². The topological polar surface area (TPSA) is 72.7 Å². The normalized spacial score (nSPS) is 11.5. The molecule has 0 radical (unpaired) electrons. The van der Waals surface area contributed by atoms with Crippen LogP contribution >= 0.6 is 11.6 Å². The molecule has 0 atom stereocenters. The van der Waals surface area contributed by atoms with E-state index in [0.717, 1.165) is 18.2 Å². The summed E-state index contributed by atoms with van der Waals surface area (Å²) < 4.78 is 39.0. The zero-order valence-corrected chi connectivity index (χ0v) is 11.4. The molecule has 0 aliphatic heterocycles. The molecular weight excluding hydrogens is 311 g/mol. The Morgan fingerprint density at radius 1 is 1.43 bits per heavy atom. The van der Waals surface area contributed by atoms with Gasteiger partial charge in [0.05, 0.1) is 10.6 Å². The molecule has 6 nitrogen and oxygen atoms in total. The van der Waals surface area contributed by atoms with Gasteiger partial charge >= 0.3 is 6.18 Å². The molecule has 2 rings (SSSR count). The summed E-state index contributed by atoms with van der Waals surface area (Å²) in [7, 11) is 0. The Morgan fingerprint density at radius 2 is 2.14 bits per heavy atom. The van der Waals surface area contributed by atoms with Gasteiger partial charge in [-0.2, -0.15) is 13.2 Å². The number of halogens is 4. The molecule has 0 saturated carbocycles. The van der Waals surface area contributed by atoms with Crippen molar-refractivity contribution in [3.8, 4) is 0 Å². The van der Waals surface area contributed by atoms with Crippen LogP contribution in [-0.4, -0.2) is 26.1 Å². The van der Waals surface area contributed by atoms with Gasteiger partial charge in [-0.15, -0.1) is 0 Å². The van der Waals surface area contributed by atoms with Crippen LogP contribution in [0.25, 0.3) is 0 Å². The largest absolute Gasteiger partial charge is 0.417 e. The van der Waals surface area contributed by atoms with Crippen LogP contribution in [0.3, 0.4) is 0 Å². The maximum Gasteiger partial charge on any atom is 0.417 e. The van der Waals surface area contributed by atoms with Crippen molar-refractivity contribution in [1.29, 1.82) is 0 Å². The minimum absolute atomic E-state index is 0.0290. The molecule has 2 aromatic rings. The Balaban J connectivity index is 2.23. The molecule has 1 amide bonds. The molecule has 1 aromatic heterocycles. The SMILES string of the molecule is CCn1nnnc1NC(=O)c1ccc(C(F)(F)F)c(Cl)c1. The zero-order valence-electron chi connectivity index (χ0n) is 10.6. The van der Waals surface area contributed by atoms with E-state index in [1.54, 1.807) is 6.92 Å². The summed E-state index contributed by atoms with van der Waals surface area (Å²) >= 11 is 5.55. The van der Waals surface area contributed by atoms with Gasteiger partial charge in [0.1, 0.15) is 0 Å². The van der Waals surface area contributed by atoms with E-state index in [-0.39, 0.29) is 11.5 Å². The summed E-state index contributed by atoms with van der Waals surface area (Å²) in [5.74, 6) is -0.561. The van der Waals surface area contributed by atoms with Crippen LogP contribution in [0.2, 0.25) is 5.02 Å². The highest BCUT2D eigenvalue weighted by molar-refractivity contribution is 6.31. The number of alkyl halides is 3. The van der Waals surface area contributed by atoms with Crippen molar-refractivity contribution in [1.82, 2.24) is 20.2 Å². The van der Waals surface area contributed by atoms with Crippen molar-refractivity contribution >= 4 is 23.5 Å². The summed E-state index contributed by atoms with van der Waals surface area (Å²) in [6.45, 7) is 2.19. The van der Waals surface area contributed by atoms with Crippen LogP contribution in [0.4, 0.5) is 19.1 Å². The monoisotopic (exact) mass is 319 g/mol. The van der Waals surface area contributed by atoms with Gasteiger partial charge in [-0.3, -0.25) is 10.1 Å². The fraction of sp³-hybridized carbons (Fsp3) is 0.273. The van der Waals surface area contributed by atoms with Gasteiger partial charge in [-0.05, 0) is 35.5 Å². The quantitative estimate of drug-likeness (QED) is 0.944. The molecule has 0 fully saturated rings. The lowest BCUT2D eigenvalue weighted by molar-refractivity contribution is -0.137. The van der Waals surface area contributed by atoms with Crippen molar-refractivity contribution in [3.63, 3.8) is 0 Å². The van der Waals surface area contributed by atoms with Crippen molar-refractivity contribution < 1.29 is 18.0 Å². The van der Waals surface area contributed by atoms with Gasteiger partial charge in [0.25, 0.3) is 5.91 Å². The third kappa shape index (κ3) is 3.30. The minimum Gasteiger partial charge on any atom is -0.289 e. The van der Waals surface area contributed by atoms with Gasteiger partial charge in [-0.1, -0.05) is 16.7 Å². The number of nitrogens with one attached hydrogen (secondary N) is 1. The highest BCUT2D eigenvalue weighted by Crippen LogP contribution is 2.34. The summed E-state index contributed by atoms with van der Waals surface area (Å²) in [4.78, 5) is 11.9. The van der Waals surface area contributed by atoms with Crippen LogP contribution in [0.1, 0.15) is 22.8 Å². The minimum atomic E-state index is -4.57. The number of tetrazole rings is 1. The number of aromatic nitrogens is 4. The summed E-state index contributed by atoms with van der Waals surface area (Å²) in [5, 5.41) is 12.4. The first kappa shape index (κ1) is 15.2. The molecule has 0 unspecified atom stereocenters. The predicted octanol–water partition coefficient (Wildman–Crippen LogP) is 2.62. The van der Waals surface area contributed by atoms with Crippen LogP contribution in [0.5, 0.6) is 0 Å². The average molecular weight is 320 g/mol. The highest BCUT2D eigenvalue weighted by Gasteiger charge is 2.33. The van der Waals surface area contributed by atoms with Gasteiger partial charge in [0.2, 0.25) is 5.95 Å². The predicted molar refractivity (Wildman–Crippen MR) is 67.9 cm³/mol. The molecule has 0 aliphatic carbocycles. The number of carbonyl (C=O) groups is 1. The lowest BCUT2D eigenvalue weighted by Gasteiger charge is -2.10. The van der Waals surface area contributed by atoms with E-state index in [2.05, 4.69) is 20.8 Å². The number of rotatable bonds is 3. The number of amides is 1. The summed E-state index contributed by atoms with van der Waals surface area (Å²) in [6, 6.07) is 2.73. The summed E-state index contributed by atoms with van der Waals surface area (Å²) in [6.07, 6.45) is -4.57. The first-order chi connectivity index (χ1) is 9.82. The smallest absolute Gasteiger partial charge is 0.289 e. The van der Waals surface area contributed by atoms with Gasteiger partial charge in [-0.25, -0.2) is 4.68 Å². The van der Waals surface area contributed by atoms with Gasteiger partial charge < -0.3 is 0 Å². The fourth-order valence-corrected chi connectivity index (χ4v) is 1.85. The zero-order chi connectivity index (χ0) is 15.6.